The van der Waals surface area contributed by atoms with E-state index in [9.17, 15) is 18.4 Å². The first-order valence-electron chi connectivity index (χ1n) is 5.71. The number of nitrogens with one attached hydrogen (secondary N) is 1. The first kappa shape index (κ1) is 13.8. The number of Topliss-reactive ketones (excluding diaryl/α,β-unsaturated/α-hetero) is 1. The first-order valence-corrected chi connectivity index (χ1v) is 5.71. The molecule has 2 rings (SSSR count). The van der Waals surface area contributed by atoms with Crippen molar-refractivity contribution in [3.8, 4) is 0 Å². The number of amides is 1. The van der Waals surface area contributed by atoms with Gasteiger partial charge in [0, 0.05) is 17.4 Å². The van der Waals surface area contributed by atoms with E-state index in [4.69, 9.17) is 0 Å². The SMILES string of the molecule is CC(=O)c1ccc(NC(=O)c2ccnc(F)c2F)cc1. The molecule has 6 heteroatoms. The molecule has 0 aliphatic carbocycles. The lowest BCUT2D eigenvalue weighted by Crippen LogP contribution is -2.15. The van der Waals surface area contributed by atoms with E-state index in [1.54, 1.807) is 0 Å². The van der Waals surface area contributed by atoms with Gasteiger partial charge in [0.1, 0.15) is 0 Å². The Morgan fingerprint density at radius 1 is 1.10 bits per heavy atom. The number of aromatic nitrogens is 1. The highest BCUT2D eigenvalue weighted by Gasteiger charge is 2.16. The van der Waals surface area contributed by atoms with Crippen LogP contribution < -0.4 is 5.32 Å². The van der Waals surface area contributed by atoms with Gasteiger partial charge in [-0.3, -0.25) is 9.59 Å². The van der Waals surface area contributed by atoms with E-state index in [2.05, 4.69) is 10.3 Å². The van der Waals surface area contributed by atoms with Gasteiger partial charge in [-0.05, 0) is 37.3 Å². The number of halogens is 2. The Bertz CT molecular complexity index is 669. The summed E-state index contributed by atoms with van der Waals surface area (Å²) in [5.41, 5.74) is 0.425. The molecule has 0 saturated carbocycles. The number of ketones is 1. The van der Waals surface area contributed by atoms with Gasteiger partial charge in [0.05, 0.1) is 5.56 Å². The second-order valence-electron chi connectivity index (χ2n) is 4.05. The van der Waals surface area contributed by atoms with Crippen molar-refractivity contribution in [2.24, 2.45) is 0 Å². The van der Waals surface area contributed by atoms with Crippen molar-refractivity contribution in [3.05, 3.63) is 59.4 Å². The Hall–Kier alpha value is -2.63. The van der Waals surface area contributed by atoms with E-state index in [0.29, 0.717) is 11.3 Å². The second kappa shape index (κ2) is 5.56. The van der Waals surface area contributed by atoms with E-state index in [0.717, 1.165) is 12.3 Å². The van der Waals surface area contributed by atoms with Gasteiger partial charge in [0.2, 0.25) is 5.95 Å². The second-order valence-corrected chi connectivity index (χ2v) is 4.05. The van der Waals surface area contributed by atoms with Gasteiger partial charge in [-0.25, -0.2) is 9.37 Å². The lowest BCUT2D eigenvalue weighted by Gasteiger charge is -2.06. The molecule has 1 amide bonds. The molecule has 4 nitrogen and oxygen atoms in total. The van der Waals surface area contributed by atoms with Gasteiger partial charge in [-0.15, -0.1) is 0 Å². The third-order valence-electron chi connectivity index (χ3n) is 2.64. The predicted molar refractivity (Wildman–Crippen MR) is 68.6 cm³/mol. The van der Waals surface area contributed by atoms with E-state index in [1.807, 2.05) is 0 Å². The Kier molecular flexibility index (Phi) is 3.84. The van der Waals surface area contributed by atoms with Gasteiger partial charge in [-0.1, -0.05) is 0 Å². The van der Waals surface area contributed by atoms with Crippen LogP contribution in [0.1, 0.15) is 27.6 Å². The molecule has 0 aliphatic heterocycles. The summed E-state index contributed by atoms with van der Waals surface area (Å²) in [6.07, 6.45) is 1.01. The van der Waals surface area contributed by atoms with Crippen LogP contribution >= 0.6 is 0 Å². The van der Waals surface area contributed by atoms with Gasteiger partial charge in [0.25, 0.3) is 5.91 Å². The van der Waals surface area contributed by atoms with Crippen LogP contribution in [0, 0.1) is 11.8 Å². The number of rotatable bonds is 3. The maximum absolute atomic E-state index is 13.4. The zero-order valence-electron chi connectivity index (χ0n) is 10.5. The summed E-state index contributed by atoms with van der Waals surface area (Å²) in [5, 5.41) is 2.41. The molecular formula is C14H10F2N2O2. The summed E-state index contributed by atoms with van der Waals surface area (Å²) >= 11 is 0. The monoisotopic (exact) mass is 276 g/mol. The average Bonchev–Trinajstić information content (AvgIpc) is 2.42. The van der Waals surface area contributed by atoms with Crippen LogP contribution in [0.25, 0.3) is 0 Å². The summed E-state index contributed by atoms with van der Waals surface area (Å²) in [6.45, 7) is 1.42. The molecule has 1 heterocycles. The number of nitrogens with zero attached hydrogens (tertiary/aromatic N) is 1. The highest BCUT2D eigenvalue weighted by Crippen LogP contribution is 2.14. The van der Waals surface area contributed by atoms with Crippen LogP contribution in [0.2, 0.25) is 0 Å². The van der Waals surface area contributed by atoms with Crippen LogP contribution in [0.5, 0.6) is 0 Å². The topological polar surface area (TPSA) is 59.1 Å². The van der Waals surface area contributed by atoms with Gasteiger partial charge in [-0.2, -0.15) is 4.39 Å². The summed E-state index contributed by atoms with van der Waals surface area (Å²) in [5.74, 6) is -3.53. The van der Waals surface area contributed by atoms with Crippen molar-refractivity contribution >= 4 is 17.4 Å². The van der Waals surface area contributed by atoms with Gasteiger partial charge < -0.3 is 5.32 Å². The molecule has 0 spiro atoms. The van der Waals surface area contributed by atoms with E-state index >= 15 is 0 Å². The fourth-order valence-electron chi connectivity index (χ4n) is 1.58. The maximum atomic E-state index is 13.4. The van der Waals surface area contributed by atoms with Crippen LogP contribution in [-0.4, -0.2) is 16.7 Å². The minimum atomic E-state index is -1.33. The summed E-state index contributed by atoms with van der Waals surface area (Å²) in [7, 11) is 0. The molecular weight excluding hydrogens is 266 g/mol. The van der Waals surface area contributed by atoms with Crippen molar-refractivity contribution in [2.75, 3.05) is 5.32 Å². The van der Waals surface area contributed by atoms with Crippen molar-refractivity contribution in [3.63, 3.8) is 0 Å². The van der Waals surface area contributed by atoms with E-state index in [1.165, 1.54) is 31.2 Å². The summed E-state index contributed by atoms with van der Waals surface area (Å²) in [6, 6.07) is 7.15. The molecule has 1 N–H and O–H groups in total. The zero-order valence-corrected chi connectivity index (χ0v) is 10.5. The predicted octanol–water partition coefficient (Wildman–Crippen LogP) is 2.81. The van der Waals surface area contributed by atoms with Gasteiger partial charge in [0.15, 0.2) is 11.6 Å². The maximum Gasteiger partial charge on any atom is 0.258 e. The molecule has 0 saturated heterocycles. The van der Waals surface area contributed by atoms with Crippen LogP contribution in [-0.2, 0) is 0 Å². The van der Waals surface area contributed by atoms with Crippen LogP contribution in [0.3, 0.4) is 0 Å². The van der Waals surface area contributed by atoms with Crippen molar-refractivity contribution in [1.29, 1.82) is 0 Å². The molecule has 0 unspecified atom stereocenters. The molecule has 2 aromatic rings. The normalized spacial score (nSPS) is 10.2. The Morgan fingerprint density at radius 3 is 2.35 bits per heavy atom. The molecule has 0 aliphatic rings. The largest absolute Gasteiger partial charge is 0.322 e. The van der Waals surface area contributed by atoms with Crippen molar-refractivity contribution in [2.45, 2.75) is 6.92 Å². The Labute approximate surface area is 113 Å². The van der Waals surface area contributed by atoms with Crippen molar-refractivity contribution in [1.82, 2.24) is 4.98 Å². The smallest absolute Gasteiger partial charge is 0.258 e. The summed E-state index contributed by atoms with van der Waals surface area (Å²) < 4.78 is 26.3. The molecule has 0 fully saturated rings. The fraction of sp³-hybridized carbons (Fsp3) is 0.0714. The number of carbonyl (C=O) groups excluding carboxylic acids is 2. The minimum Gasteiger partial charge on any atom is -0.322 e. The quantitative estimate of drug-likeness (QED) is 0.692. The number of carbonyl (C=O) groups is 2. The standard InChI is InChI=1S/C14H10F2N2O2/c1-8(19)9-2-4-10(5-3-9)18-14(20)11-6-7-17-13(16)12(11)15/h2-7H,1H3,(H,18,20). The Morgan fingerprint density at radius 2 is 1.75 bits per heavy atom. The highest BCUT2D eigenvalue weighted by atomic mass is 19.2. The van der Waals surface area contributed by atoms with E-state index < -0.39 is 23.2 Å². The van der Waals surface area contributed by atoms with Crippen molar-refractivity contribution < 1.29 is 18.4 Å². The average molecular weight is 276 g/mol. The molecule has 0 radical (unpaired) electrons. The molecule has 0 atom stereocenters. The molecule has 0 bridgehead atoms. The van der Waals surface area contributed by atoms with E-state index in [-0.39, 0.29) is 5.78 Å². The Balaban J connectivity index is 2.19. The molecule has 1 aromatic heterocycles. The first-order chi connectivity index (χ1) is 9.49. The lowest BCUT2D eigenvalue weighted by atomic mass is 10.1. The van der Waals surface area contributed by atoms with Crippen LogP contribution in [0.15, 0.2) is 36.5 Å². The number of anilines is 1. The van der Waals surface area contributed by atoms with Gasteiger partial charge >= 0.3 is 0 Å². The zero-order chi connectivity index (χ0) is 14.7. The third-order valence-corrected chi connectivity index (χ3v) is 2.64. The van der Waals surface area contributed by atoms with Crippen LogP contribution in [0.4, 0.5) is 14.5 Å². The lowest BCUT2D eigenvalue weighted by molar-refractivity contribution is 0.101. The third kappa shape index (κ3) is 2.85. The number of hydrogen-bond acceptors (Lipinski definition) is 3. The highest BCUT2D eigenvalue weighted by molar-refractivity contribution is 6.04. The fourth-order valence-corrected chi connectivity index (χ4v) is 1.58. The number of pyridine rings is 1. The molecule has 102 valence electrons. The molecule has 1 aromatic carbocycles. The number of benzene rings is 1. The minimum absolute atomic E-state index is 0.106. The molecule has 20 heavy (non-hydrogen) atoms. The summed E-state index contributed by atoms with van der Waals surface area (Å²) in [4.78, 5) is 26.0. The number of hydrogen-bond donors (Lipinski definition) is 1.